The summed E-state index contributed by atoms with van der Waals surface area (Å²) in [5.74, 6) is -2.33. The van der Waals surface area contributed by atoms with Crippen molar-refractivity contribution in [3.05, 3.63) is 65.2 Å². The van der Waals surface area contributed by atoms with Gasteiger partial charge < -0.3 is 14.7 Å². The first-order valence-corrected chi connectivity index (χ1v) is 9.51. The van der Waals surface area contributed by atoms with Crippen LogP contribution < -0.4 is 4.74 Å². The van der Waals surface area contributed by atoms with Crippen LogP contribution in [0.3, 0.4) is 0 Å². The average Bonchev–Trinajstić information content (AvgIpc) is 2.99. The summed E-state index contributed by atoms with van der Waals surface area (Å²) < 4.78 is 19.1. The average molecular weight is 398 g/mol. The fraction of sp³-hybridized carbons (Fsp3) is 0.318. The zero-order valence-corrected chi connectivity index (χ0v) is 16.4. The summed E-state index contributed by atoms with van der Waals surface area (Å²) in [4.78, 5) is 31.1. The van der Waals surface area contributed by atoms with E-state index in [1.165, 1.54) is 24.1 Å². The molecule has 1 aromatic carbocycles. The Balaban J connectivity index is 2.16. The number of ketones is 1. The minimum Gasteiger partial charge on any atom is -0.507 e. The molecule has 1 N–H and O–H groups in total. The summed E-state index contributed by atoms with van der Waals surface area (Å²) in [5, 5.41) is 11.0. The third-order valence-electron chi connectivity index (χ3n) is 4.98. The van der Waals surface area contributed by atoms with Crippen LogP contribution in [0.15, 0.2) is 48.3 Å². The number of unbranched alkanes of at least 4 members (excludes halogenated alkanes) is 2. The Morgan fingerprint density at radius 2 is 1.93 bits per heavy atom. The lowest BCUT2D eigenvalue weighted by atomic mass is 9.95. The van der Waals surface area contributed by atoms with Crippen LogP contribution in [0, 0.1) is 5.82 Å². The quantitative estimate of drug-likeness (QED) is 0.332. The number of carbonyl (C=O) groups excluding carboxylic acids is 2. The first-order valence-electron chi connectivity index (χ1n) is 9.51. The van der Waals surface area contributed by atoms with E-state index >= 15 is 0 Å². The standard InChI is InChI=1S/C22H23FN2O4/c1-3-4-5-12-25-19(14-8-10-24-11-9-14)18(21(27)22(25)28)20(26)16-13-15(23)6-7-17(16)29-2/h6-11,13,19,26H,3-5,12H2,1-2H3/b20-18+. The molecule has 1 amide bonds. The molecule has 152 valence electrons. The molecule has 1 atom stereocenters. The Hall–Kier alpha value is -3.22. The second kappa shape index (κ2) is 8.86. The Morgan fingerprint density at radius 3 is 2.59 bits per heavy atom. The van der Waals surface area contributed by atoms with Gasteiger partial charge in [0.1, 0.15) is 17.3 Å². The van der Waals surface area contributed by atoms with E-state index in [0.29, 0.717) is 12.1 Å². The SMILES string of the molecule is CCCCCN1C(=O)C(=O)/C(=C(/O)c2cc(F)ccc2OC)C1c1ccncc1. The number of pyridine rings is 1. The molecule has 0 aliphatic carbocycles. The van der Waals surface area contributed by atoms with Gasteiger partial charge >= 0.3 is 0 Å². The molecule has 2 heterocycles. The number of rotatable bonds is 7. The van der Waals surface area contributed by atoms with Crippen LogP contribution >= 0.6 is 0 Å². The van der Waals surface area contributed by atoms with Crippen LogP contribution in [-0.4, -0.2) is 40.3 Å². The number of ether oxygens (including phenoxy) is 1. The van der Waals surface area contributed by atoms with Crippen molar-refractivity contribution in [3.63, 3.8) is 0 Å². The normalized spacial score (nSPS) is 18.3. The largest absolute Gasteiger partial charge is 0.507 e. The van der Waals surface area contributed by atoms with Crippen molar-refractivity contribution >= 4 is 17.4 Å². The molecule has 29 heavy (non-hydrogen) atoms. The van der Waals surface area contributed by atoms with Gasteiger partial charge in [-0.2, -0.15) is 0 Å². The van der Waals surface area contributed by atoms with Crippen molar-refractivity contribution in [1.29, 1.82) is 0 Å². The highest BCUT2D eigenvalue weighted by Crippen LogP contribution is 2.41. The maximum absolute atomic E-state index is 13.8. The molecule has 0 spiro atoms. The molecule has 6 nitrogen and oxygen atoms in total. The Labute approximate surface area is 168 Å². The summed E-state index contributed by atoms with van der Waals surface area (Å²) in [6.07, 6.45) is 5.72. The molecule has 0 bridgehead atoms. The lowest BCUT2D eigenvalue weighted by molar-refractivity contribution is -0.139. The zero-order valence-electron chi connectivity index (χ0n) is 16.4. The molecule has 7 heteroatoms. The van der Waals surface area contributed by atoms with E-state index in [1.54, 1.807) is 24.5 Å². The first-order chi connectivity index (χ1) is 14.0. The number of halogens is 1. The zero-order chi connectivity index (χ0) is 21.0. The molecule has 1 fully saturated rings. The predicted molar refractivity (Wildman–Crippen MR) is 106 cm³/mol. The number of aromatic nitrogens is 1. The van der Waals surface area contributed by atoms with Gasteiger partial charge in [-0.1, -0.05) is 19.8 Å². The highest BCUT2D eigenvalue weighted by atomic mass is 19.1. The highest BCUT2D eigenvalue weighted by molar-refractivity contribution is 6.46. The number of aliphatic hydroxyl groups excluding tert-OH is 1. The maximum atomic E-state index is 13.8. The maximum Gasteiger partial charge on any atom is 0.295 e. The highest BCUT2D eigenvalue weighted by Gasteiger charge is 2.46. The Morgan fingerprint density at radius 1 is 1.21 bits per heavy atom. The number of nitrogens with zero attached hydrogens (tertiary/aromatic N) is 2. The summed E-state index contributed by atoms with van der Waals surface area (Å²) in [5.41, 5.74) is 0.590. The van der Waals surface area contributed by atoms with Crippen LogP contribution in [0.1, 0.15) is 43.4 Å². The first kappa shape index (κ1) is 20.5. The number of carbonyl (C=O) groups is 2. The van der Waals surface area contributed by atoms with Crippen molar-refractivity contribution in [2.24, 2.45) is 0 Å². The molecule has 2 aromatic rings. The van der Waals surface area contributed by atoms with E-state index in [-0.39, 0.29) is 16.9 Å². The molecule has 1 aliphatic heterocycles. The Bertz CT molecular complexity index is 943. The lowest BCUT2D eigenvalue weighted by Crippen LogP contribution is -2.30. The van der Waals surface area contributed by atoms with Gasteiger partial charge in [-0.15, -0.1) is 0 Å². The minimum absolute atomic E-state index is 0.0260. The number of Topliss-reactive ketones (excluding diaryl/α,β-unsaturated/α-hetero) is 1. The summed E-state index contributed by atoms with van der Waals surface area (Å²) in [6, 6.07) is 6.26. The van der Waals surface area contributed by atoms with E-state index in [1.807, 2.05) is 6.92 Å². The monoisotopic (exact) mass is 398 g/mol. The van der Waals surface area contributed by atoms with E-state index in [0.717, 1.165) is 25.3 Å². The summed E-state index contributed by atoms with van der Waals surface area (Å²) in [7, 11) is 1.38. The lowest BCUT2D eigenvalue weighted by Gasteiger charge is -2.25. The van der Waals surface area contributed by atoms with Gasteiger partial charge in [0.05, 0.1) is 24.3 Å². The molecule has 1 aliphatic rings. The van der Waals surface area contributed by atoms with Crippen molar-refractivity contribution in [2.75, 3.05) is 13.7 Å². The second-order valence-corrected chi connectivity index (χ2v) is 6.82. The van der Waals surface area contributed by atoms with E-state index in [2.05, 4.69) is 4.98 Å². The number of hydrogen-bond acceptors (Lipinski definition) is 5. The van der Waals surface area contributed by atoms with Gasteiger partial charge in [0.2, 0.25) is 0 Å². The second-order valence-electron chi connectivity index (χ2n) is 6.82. The molecule has 1 unspecified atom stereocenters. The third kappa shape index (κ3) is 3.99. The number of benzene rings is 1. The molecule has 0 radical (unpaired) electrons. The van der Waals surface area contributed by atoms with Crippen LogP contribution in [0.4, 0.5) is 4.39 Å². The minimum atomic E-state index is -0.799. The van der Waals surface area contributed by atoms with Crippen LogP contribution in [-0.2, 0) is 9.59 Å². The van der Waals surface area contributed by atoms with E-state index in [4.69, 9.17) is 4.74 Å². The molecular weight excluding hydrogens is 375 g/mol. The van der Waals surface area contributed by atoms with Gasteiger partial charge in [-0.25, -0.2) is 4.39 Å². The number of aliphatic hydroxyl groups is 1. The molecule has 3 rings (SSSR count). The van der Waals surface area contributed by atoms with Crippen molar-refractivity contribution in [3.8, 4) is 5.75 Å². The Kier molecular flexibility index (Phi) is 6.26. The fourth-order valence-corrected chi connectivity index (χ4v) is 3.55. The van der Waals surface area contributed by atoms with Gasteiger partial charge in [-0.3, -0.25) is 14.6 Å². The number of methoxy groups -OCH3 is 1. The predicted octanol–water partition coefficient (Wildman–Crippen LogP) is 3.84. The number of likely N-dealkylation sites (tertiary alicyclic amines) is 1. The van der Waals surface area contributed by atoms with Crippen LogP contribution in [0.5, 0.6) is 5.75 Å². The molecule has 1 saturated heterocycles. The van der Waals surface area contributed by atoms with Gasteiger partial charge in [0, 0.05) is 18.9 Å². The summed E-state index contributed by atoms with van der Waals surface area (Å²) in [6.45, 7) is 2.42. The molecular formula is C22H23FN2O4. The number of hydrogen-bond donors (Lipinski definition) is 1. The van der Waals surface area contributed by atoms with Gasteiger partial charge in [-0.05, 0) is 42.3 Å². The third-order valence-corrected chi connectivity index (χ3v) is 4.98. The van der Waals surface area contributed by atoms with Crippen molar-refractivity contribution in [1.82, 2.24) is 9.88 Å². The van der Waals surface area contributed by atoms with Crippen molar-refractivity contribution in [2.45, 2.75) is 32.2 Å². The summed E-state index contributed by atoms with van der Waals surface area (Å²) >= 11 is 0. The van der Waals surface area contributed by atoms with Crippen molar-refractivity contribution < 1.29 is 23.8 Å². The van der Waals surface area contributed by atoms with Gasteiger partial charge in [0.25, 0.3) is 11.7 Å². The van der Waals surface area contributed by atoms with Crippen LogP contribution in [0.2, 0.25) is 0 Å². The van der Waals surface area contributed by atoms with E-state index < -0.39 is 29.3 Å². The number of amides is 1. The smallest absolute Gasteiger partial charge is 0.295 e. The van der Waals surface area contributed by atoms with Crippen LogP contribution in [0.25, 0.3) is 5.76 Å². The van der Waals surface area contributed by atoms with E-state index in [9.17, 15) is 19.1 Å². The molecule has 0 saturated carbocycles. The molecule has 1 aromatic heterocycles. The topological polar surface area (TPSA) is 79.7 Å². The van der Waals surface area contributed by atoms with Gasteiger partial charge in [0.15, 0.2) is 0 Å². The fourth-order valence-electron chi connectivity index (χ4n) is 3.55.